The molecule has 1 heterocycles. The molecule has 6 heteroatoms. The molecule has 3 rings (SSSR count). The van der Waals surface area contributed by atoms with E-state index in [4.69, 9.17) is 4.74 Å². The van der Waals surface area contributed by atoms with Gasteiger partial charge < -0.3 is 10.1 Å². The first-order chi connectivity index (χ1) is 11.2. The summed E-state index contributed by atoms with van der Waals surface area (Å²) < 4.78 is 7.46. The maximum atomic E-state index is 5.80. The molecule has 0 saturated carbocycles. The van der Waals surface area contributed by atoms with E-state index in [1.165, 1.54) is 5.56 Å². The average Bonchev–Trinajstić information content (AvgIpc) is 3.02. The minimum atomic E-state index is 0.533. The summed E-state index contributed by atoms with van der Waals surface area (Å²) in [6.45, 7) is 5.26. The number of rotatable bonds is 6. The molecule has 3 aromatic rings. The van der Waals surface area contributed by atoms with Gasteiger partial charge in [0.15, 0.2) is 0 Å². The van der Waals surface area contributed by atoms with Crippen LogP contribution in [0, 0.1) is 13.8 Å². The van der Waals surface area contributed by atoms with Crippen molar-refractivity contribution in [2.75, 3.05) is 18.5 Å². The topological polar surface area (TPSA) is 64.9 Å². The largest absolute Gasteiger partial charge is 0.491 e. The van der Waals surface area contributed by atoms with Gasteiger partial charge in [-0.15, -0.1) is 0 Å². The van der Waals surface area contributed by atoms with Gasteiger partial charge in [-0.2, -0.15) is 4.68 Å². The molecule has 1 N–H and O–H groups in total. The molecule has 0 aliphatic carbocycles. The number of benzene rings is 2. The van der Waals surface area contributed by atoms with E-state index in [0.717, 1.165) is 17.0 Å². The fraction of sp³-hybridized carbons (Fsp3) is 0.235. The molecule has 0 aliphatic rings. The molecule has 0 bridgehead atoms. The van der Waals surface area contributed by atoms with Gasteiger partial charge in [0.2, 0.25) is 5.95 Å². The number of nitrogens with zero attached hydrogens (tertiary/aromatic N) is 4. The molecule has 0 unspecified atom stereocenters. The number of para-hydroxylation sites is 1. The summed E-state index contributed by atoms with van der Waals surface area (Å²) in [5.41, 5.74) is 3.28. The van der Waals surface area contributed by atoms with E-state index in [9.17, 15) is 0 Å². The Morgan fingerprint density at radius 3 is 2.70 bits per heavy atom. The van der Waals surface area contributed by atoms with Crippen LogP contribution < -0.4 is 10.1 Å². The third kappa shape index (κ3) is 3.66. The maximum Gasteiger partial charge on any atom is 0.247 e. The van der Waals surface area contributed by atoms with E-state index < -0.39 is 0 Å². The van der Waals surface area contributed by atoms with Crippen LogP contribution in [0.25, 0.3) is 5.69 Å². The normalized spacial score (nSPS) is 10.5. The van der Waals surface area contributed by atoms with Crippen molar-refractivity contribution in [3.63, 3.8) is 0 Å². The SMILES string of the molecule is Cc1ccc(OCCNc2nnnn2-c2ccccc2)c(C)c1. The van der Waals surface area contributed by atoms with Gasteiger partial charge in [0.1, 0.15) is 12.4 Å². The van der Waals surface area contributed by atoms with Crippen LogP contribution in [0.15, 0.2) is 48.5 Å². The van der Waals surface area contributed by atoms with Crippen molar-refractivity contribution in [3.05, 3.63) is 59.7 Å². The van der Waals surface area contributed by atoms with Crippen LogP contribution in [-0.4, -0.2) is 33.4 Å². The second kappa shape index (κ2) is 6.91. The summed E-state index contributed by atoms with van der Waals surface area (Å²) in [4.78, 5) is 0. The predicted molar refractivity (Wildman–Crippen MR) is 89.1 cm³/mol. The number of nitrogens with one attached hydrogen (secondary N) is 1. The lowest BCUT2D eigenvalue weighted by Gasteiger charge is -2.11. The highest BCUT2D eigenvalue weighted by Crippen LogP contribution is 2.18. The first kappa shape index (κ1) is 15.0. The maximum absolute atomic E-state index is 5.80. The van der Waals surface area contributed by atoms with Crippen molar-refractivity contribution in [2.45, 2.75) is 13.8 Å². The zero-order valence-corrected chi connectivity index (χ0v) is 13.2. The van der Waals surface area contributed by atoms with E-state index in [-0.39, 0.29) is 0 Å². The molecular weight excluding hydrogens is 290 g/mol. The zero-order valence-electron chi connectivity index (χ0n) is 13.2. The van der Waals surface area contributed by atoms with Gasteiger partial charge in [0, 0.05) is 0 Å². The molecule has 118 valence electrons. The molecular formula is C17H19N5O. The van der Waals surface area contributed by atoms with E-state index in [1.54, 1.807) is 4.68 Å². The van der Waals surface area contributed by atoms with Gasteiger partial charge in [-0.05, 0) is 48.0 Å². The first-order valence-electron chi connectivity index (χ1n) is 7.52. The molecule has 1 aromatic heterocycles. The summed E-state index contributed by atoms with van der Waals surface area (Å²) in [5.74, 6) is 1.50. The van der Waals surface area contributed by atoms with Crippen LogP contribution in [-0.2, 0) is 0 Å². The molecule has 0 spiro atoms. The highest BCUT2D eigenvalue weighted by Gasteiger charge is 2.07. The standard InChI is InChI=1S/C17H19N5O/c1-13-8-9-16(14(2)12-13)23-11-10-18-17-19-20-21-22(17)15-6-4-3-5-7-15/h3-9,12H,10-11H2,1-2H3,(H,18,19,21). The van der Waals surface area contributed by atoms with Crippen molar-refractivity contribution in [1.29, 1.82) is 0 Å². The number of aromatic nitrogens is 4. The van der Waals surface area contributed by atoms with Gasteiger partial charge >= 0.3 is 0 Å². The fourth-order valence-corrected chi connectivity index (χ4v) is 2.33. The number of tetrazole rings is 1. The molecule has 23 heavy (non-hydrogen) atoms. The Labute approximate surface area is 135 Å². The molecule has 0 aliphatic heterocycles. The molecule has 0 saturated heterocycles. The van der Waals surface area contributed by atoms with Gasteiger partial charge in [0.25, 0.3) is 0 Å². The highest BCUT2D eigenvalue weighted by atomic mass is 16.5. The van der Waals surface area contributed by atoms with Crippen LogP contribution in [0.4, 0.5) is 5.95 Å². The Kier molecular flexibility index (Phi) is 4.52. The highest BCUT2D eigenvalue weighted by molar-refractivity contribution is 5.38. The van der Waals surface area contributed by atoms with E-state index in [2.05, 4.69) is 33.8 Å². The summed E-state index contributed by atoms with van der Waals surface area (Å²) in [6.07, 6.45) is 0. The van der Waals surface area contributed by atoms with Crippen LogP contribution in [0.5, 0.6) is 5.75 Å². The van der Waals surface area contributed by atoms with E-state index in [1.807, 2.05) is 49.4 Å². The monoisotopic (exact) mass is 309 g/mol. The van der Waals surface area contributed by atoms with Gasteiger partial charge in [-0.1, -0.05) is 41.0 Å². The summed E-state index contributed by atoms with van der Waals surface area (Å²) in [5, 5.41) is 14.9. The van der Waals surface area contributed by atoms with E-state index in [0.29, 0.717) is 19.1 Å². The number of hydrogen-bond acceptors (Lipinski definition) is 5. The molecule has 0 fully saturated rings. The van der Waals surface area contributed by atoms with Gasteiger partial charge in [-0.25, -0.2) is 0 Å². The van der Waals surface area contributed by atoms with Crippen molar-refractivity contribution in [3.8, 4) is 11.4 Å². The minimum Gasteiger partial charge on any atom is -0.491 e. The summed E-state index contributed by atoms with van der Waals surface area (Å²) in [7, 11) is 0. The second-order valence-electron chi connectivity index (χ2n) is 5.29. The van der Waals surface area contributed by atoms with Crippen LogP contribution in [0.1, 0.15) is 11.1 Å². The van der Waals surface area contributed by atoms with Crippen molar-refractivity contribution in [1.82, 2.24) is 20.2 Å². The van der Waals surface area contributed by atoms with Crippen molar-refractivity contribution >= 4 is 5.95 Å². The lowest BCUT2D eigenvalue weighted by atomic mass is 10.1. The lowest BCUT2D eigenvalue weighted by Crippen LogP contribution is -2.15. The summed E-state index contributed by atoms with van der Waals surface area (Å²) >= 11 is 0. The zero-order chi connectivity index (χ0) is 16.1. The smallest absolute Gasteiger partial charge is 0.247 e. The Morgan fingerprint density at radius 1 is 1.09 bits per heavy atom. The molecule has 2 aromatic carbocycles. The number of anilines is 1. The second-order valence-corrected chi connectivity index (χ2v) is 5.29. The first-order valence-corrected chi connectivity index (χ1v) is 7.52. The summed E-state index contributed by atoms with van der Waals surface area (Å²) in [6, 6.07) is 15.9. The Balaban J connectivity index is 1.57. The van der Waals surface area contributed by atoms with Crippen LogP contribution >= 0.6 is 0 Å². The molecule has 0 amide bonds. The number of aryl methyl sites for hydroxylation is 2. The third-order valence-electron chi connectivity index (χ3n) is 3.44. The number of hydrogen-bond donors (Lipinski definition) is 1. The van der Waals surface area contributed by atoms with Crippen molar-refractivity contribution in [2.24, 2.45) is 0 Å². The quantitative estimate of drug-likeness (QED) is 0.709. The minimum absolute atomic E-state index is 0.533. The van der Waals surface area contributed by atoms with Crippen LogP contribution in [0.3, 0.4) is 0 Å². The molecule has 0 atom stereocenters. The third-order valence-corrected chi connectivity index (χ3v) is 3.44. The number of ether oxygens (including phenoxy) is 1. The molecule has 0 radical (unpaired) electrons. The lowest BCUT2D eigenvalue weighted by molar-refractivity contribution is 0.330. The van der Waals surface area contributed by atoms with E-state index >= 15 is 0 Å². The predicted octanol–water partition coefficient (Wildman–Crippen LogP) is 2.77. The Hall–Kier alpha value is -2.89. The fourth-order valence-electron chi connectivity index (χ4n) is 2.33. The van der Waals surface area contributed by atoms with Gasteiger partial charge in [-0.3, -0.25) is 0 Å². The van der Waals surface area contributed by atoms with Crippen molar-refractivity contribution < 1.29 is 4.74 Å². The average molecular weight is 309 g/mol. The Bertz CT molecular complexity index is 770. The molecule has 6 nitrogen and oxygen atoms in total. The van der Waals surface area contributed by atoms with Crippen LogP contribution in [0.2, 0.25) is 0 Å². The van der Waals surface area contributed by atoms with Gasteiger partial charge in [0.05, 0.1) is 12.2 Å². The Morgan fingerprint density at radius 2 is 1.91 bits per heavy atom.